The van der Waals surface area contributed by atoms with E-state index in [2.05, 4.69) is 0 Å². The minimum Gasteiger partial charge on any atom is -0.502 e. The zero-order chi connectivity index (χ0) is 13.6. The van der Waals surface area contributed by atoms with Gasteiger partial charge in [-0.05, 0) is 42.7 Å². The third-order valence-corrected chi connectivity index (χ3v) is 2.77. The van der Waals surface area contributed by atoms with Crippen molar-refractivity contribution in [3.63, 3.8) is 0 Å². The average Bonchev–Trinajstić information content (AvgIpc) is 2.11. The molecule has 0 amide bonds. The predicted octanol–water partition coefficient (Wildman–Crippen LogP) is 3.60. The van der Waals surface area contributed by atoms with Gasteiger partial charge in [0.1, 0.15) is 5.60 Å². The van der Waals surface area contributed by atoms with E-state index < -0.39 is 5.60 Å². The van der Waals surface area contributed by atoms with Crippen molar-refractivity contribution in [1.82, 2.24) is 0 Å². The number of ether oxygens (including phenoxy) is 1. The summed E-state index contributed by atoms with van der Waals surface area (Å²) in [7, 11) is 0. The van der Waals surface area contributed by atoms with Gasteiger partial charge in [-0.25, -0.2) is 0 Å². The highest BCUT2D eigenvalue weighted by molar-refractivity contribution is 7.80. The highest BCUT2D eigenvalue weighted by Gasteiger charge is 2.38. The maximum Gasteiger partial charge on any atom is 0.190 e. The Morgan fingerprint density at radius 1 is 1.12 bits per heavy atom. The molecule has 0 aliphatic heterocycles. The first-order valence-electron chi connectivity index (χ1n) is 5.78. The van der Waals surface area contributed by atoms with Crippen molar-refractivity contribution < 1.29 is 14.9 Å². The van der Waals surface area contributed by atoms with E-state index >= 15 is 0 Å². The molecule has 0 spiro atoms. The molecule has 0 saturated heterocycles. The Hall–Kier alpha value is -0.260. The molecule has 0 aliphatic carbocycles. The first-order valence-corrected chi connectivity index (χ1v) is 6.60. The van der Waals surface area contributed by atoms with Gasteiger partial charge in [-0.3, -0.25) is 0 Å². The van der Waals surface area contributed by atoms with Crippen molar-refractivity contribution in [1.29, 1.82) is 0 Å². The van der Waals surface area contributed by atoms with Crippen LogP contribution in [0.1, 0.15) is 40.5 Å². The third-order valence-electron chi connectivity index (χ3n) is 2.26. The molecule has 1 unspecified atom stereocenters. The zero-order valence-corrected chi connectivity index (χ0v) is 12.5. The smallest absolute Gasteiger partial charge is 0.190 e. The van der Waals surface area contributed by atoms with E-state index in [1.54, 1.807) is 0 Å². The maximum absolute atomic E-state index is 9.71. The summed E-state index contributed by atoms with van der Waals surface area (Å²) in [6.07, 6.45) is 0.609. The fourth-order valence-corrected chi connectivity index (χ4v) is 2.08. The molecule has 0 heterocycles. The van der Waals surface area contributed by atoms with E-state index in [1.165, 1.54) is 0 Å². The molecular formula is C12H22O3S2. The summed E-state index contributed by atoms with van der Waals surface area (Å²) in [5, 5.41) is 18.6. The standard InChI is InChI=1S/C12H22O3S2/c1-8(2)5-12(11(14)17,6-10(13)16)15-7-9(3)4/h8-9H,5-7H2,1-4H3,(H,13,16)(H,14,17). The van der Waals surface area contributed by atoms with Crippen molar-refractivity contribution in [3.05, 3.63) is 0 Å². The summed E-state index contributed by atoms with van der Waals surface area (Å²) in [5.41, 5.74) is -1.03. The second-order valence-electron chi connectivity index (χ2n) is 5.17. The molecule has 5 heteroatoms. The minimum atomic E-state index is -1.03. The second-order valence-corrected chi connectivity index (χ2v) is 6.03. The Morgan fingerprint density at radius 2 is 1.65 bits per heavy atom. The second kappa shape index (κ2) is 7.24. The van der Waals surface area contributed by atoms with Gasteiger partial charge in [0.05, 0.1) is 13.0 Å². The predicted molar refractivity (Wildman–Crippen MR) is 78.0 cm³/mol. The van der Waals surface area contributed by atoms with Crippen LogP contribution in [0.3, 0.4) is 0 Å². The molecule has 0 bridgehead atoms. The molecule has 1 atom stereocenters. The van der Waals surface area contributed by atoms with E-state index in [1.807, 2.05) is 27.7 Å². The van der Waals surface area contributed by atoms with E-state index in [4.69, 9.17) is 29.2 Å². The van der Waals surface area contributed by atoms with E-state index in [0.717, 1.165) is 0 Å². The van der Waals surface area contributed by atoms with Gasteiger partial charge in [-0.1, -0.05) is 27.7 Å². The summed E-state index contributed by atoms with van der Waals surface area (Å²) in [6.45, 7) is 8.50. The number of hydrogen-bond donors (Lipinski definition) is 2. The monoisotopic (exact) mass is 278 g/mol. The van der Waals surface area contributed by atoms with Crippen molar-refractivity contribution >= 4 is 34.5 Å². The van der Waals surface area contributed by atoms with Crippen LogP contribution in [0, 0.1) is 11.8 Å². The lowest BCUT2D eigenvalue weighted by atomic mass is 9.89. The fourth-order valence-electron chi connectivity index (χ4n) is 1.64. The molecule has 0 aromatic heterocycles. The van der Waals surface area contributed by atoms with Crippen LogP contribution in [-0.2, 0) is 4.74 Å². The molecular weight excluding hydrogens is 256 g/mol. The zero-order valence-electron chi connectivity index (χ0n) is 10.9. The van der Waals surface area contributed by atoms with Crippen molar-refractivity contribution in [3.8, 4) is 0 Å². The van der Waals surface area contributed by atoms with Crippen LogP contribution in [0.5, 0.6) is 0 Å². The van der Waals surface area contributed by atoms with Crippen LogP contribution in [0.2, 0.25) is 0 Å². The highest BCUT2D eigenvalue weighted by Crippen LogP contribution is 2.28. The fraction of sp³-hybridized carbons (Fsp3) is 0.833. The molecule has 17 heavy (non-hydrogen) atoms. The molecule has 2 N–H and O–H groups in total. The Kier molecular flexibility index (Phi) is 7.13. The summed E-state index contributed by atoms with van der Waals surface area (Å²) < 4.78 is 5.74. The van der Waals surface area contributed by atoms with E-state index in [-0.39, 0.29) is 22.4 Å². The molecule has 0 fully saturated rings. The summed E-state index contributed by atoms with van der Waals surface area (Å²) >= 11 is 9.58. The van der Waals surface area contributed by atoms with Crippen LogP contribution in [0.4, 0.5) is 0 Å². The van der Waals surface area contributed by atoms with Crippen LogP contribution >= 0.6 is 24.4 Å². The van der Waals surface area contributed by atoms with Gasteiger partial charge in [-0.2, -0.15) is 0 Å². The summed E-state index contributed by atoms with van der Waals surface area (Å²) in [5.74, 6) is 0.602. The summed E-state index contributed by atoms with van der Waals surface area (Å²) in [4.78, 5) is 0. The lowest BCUT2D eigenvalue weighted by Gasteiger charge is -2.33. The minimum absolute atomic E-state index is 0.0720. The van der Waals surface area contributed by atoms with Crippen molar-refractivity contribution in [2.75, 3.05) is 6.61 Å². The number of aliphatic hydroxyl groups is 2. The van der Waals surface area contributed by atoms with E-state index in [0.29, 0.717) is 18.9 Å². The van der Waals surface area contributed by atoms with Crippen LogP contribution in [0.25, 0.3) is 0 Å². The molecule has 3 nitrogen and oxygen atoms in total. The van der Waals surface area contributed by atoms with Crippen molar-refractivity contribution in [2.45, 2.75) is 46.1 Å². The largest absolute Gasteiger partial charge is 0.502 e. The lowest BCUT2D eigenvalue weighted by molar-refractivity contribution is -0.0249. The Bertz CT molecular complexity index is 277. The first kappa shape index (κ1) is 16.7. The molecule has 0 saturated carbocycles. The SMILES string of the molecule is CC(C)COC(CC(O)=S)(CC(C)C)C(O)=S. The summed E-state index contributed by atoms with van der Waals surface area (Å²) in [6, 6.07) is 0. The van der Waals surface area contributed by atoms with Crippen LogP contribution < -0.4 is 0 Å². The Balaban J connectivity index is 4.94. The maximum atomic E-state index is 9.71. The molecule has 100 valence electrons. The van der Waals surface area contributed by atoms with Crippen molar-refractivity contribution in [2.24, 2.45) is 11.8 Å². The third kappa shape index (κ3) is 6.29. The number of thiocarbonyl (C=S) groups is 2. The molecule has 0 radical (unpaired) electrons. The lowest BCUT2D eigenvalue weighted by Crippen LogP contribution is -2.44. The molecule has 0 aliphatic rings. The average molecular weight is 278 g/mol. The van der Waals surface area contributed by atoms with E-state index in [9.17, 15) is 10.2 Å². The van der Waals surface area contributed by atoms with Gasteiger partial charge < -0.3 is 14.9 Å². The van der Waals surface area contributed by atoms with Gasteiger partial charge in [0.2, 0.25) is 0 Å². The first-order chi connectivity index (χ1) is 7.69. The number of rotatable bonds is 8. The number of hydrogen-bond acceptors (Lipinski definition) is 3. The Labute approximate surface area is 114 Å². The van der Waals surface area contributed by atoms with Gasteiger partial charge in [0, 0.05) is 0 Å². The molecule has 0 rings (SSSR count). The van der Waals surface area contributed by atoms with Gasteiger partial charge in [0.25, 0.3) is 0 Å². The van der Waals surface area contributed by atoms with Gasteiger partial charge in [0.15, 0.2) is 10.1 Å². The Morgan fingerprint density at radius 3 is 1.94 bits per heavy atom. The molecule has 0 aromatic carbocycles. The highest BCUT2D eigenvalue weighted by atomic mass is 32.1. The normalized spacial score (nSPS) is 14.9. The topological polar surface area (TPSA) is 49.7 Å². The number of aliphatic hydroxyl groups excluding tert-OH is 2. The van der Waals surface area contributed by atoms with Crippen LogP contribution in [-0.4, -0.2) is 32.5 Å². The van der Waals surface area contributed by atoms with Gasteiger partial charge in [-0.15, -0.1) is 0 Å². The van der Waals surface area contributed by atoms with Crippen LogP contribution in [0.15, 0.2) is 0 Å². The van der Waals surface area contributed by atoms with Gasteiger partial charge >= 0.3 is 0 Å². The quantitative estimate of drug-likeness (QED) is 0.664. The molecule has 0 aromatic rings.